The molecule has 3 aromatic carbocycles. The van der Waals surface area contributed by atoms with E-state index in [4.69, 9.17) is 14.6 Å². The van der Waals surface area contributed by atoms with Crippen molar-refractivity contribution in [1.82, 2.24) is 14.8 Å². The molecule has 0 saturated carbocycles. The maximum Gasteiger partial charge on any atom is 0.271 e. The summed E-state index contributed by atoms with van der Waals surface area (Å²) in [7, 11) is 1.59. The van der Waals surface area contributed by atoms with Crippen molar-refractivity contribution in [2.24, 2.45) is 0 Å². The van der Waals surface area contributed by atoms with Crippen molar-refractivity contribution < 1.29 is 24.2 Å². The highest BCUT2D eigenvalue weighted by molar-refractivity contribution is 6.09. The van der Waals surface area contributed by atoms with Crippen LogP contribution in [-0.2, 0) is 13.0 Å². The lowest BCUT2D eigenvalue weighted by Crippen LogP contribution is -2.50. The van der Waals surface area contributed by atoms with Gasteiger partial charge in [0.05, 0.1) is 19.2 Å². The van der Waals surface area contributed by atoms with Crippen molar-refractivity contribution in [3.8, 4) is 11.5 Å². The summed E-state index contributed by atoms with van der Waals surface area (Å²) in [5.41, 5.74) is 3.24. The smallest absolute Gasteiger partial charge is 0.271 e. The Morgan fingerprint density at radius 3 is 2.55 bits per heavy atom. The molecule has 1 aromatic heterocycles. The number of ether oxygens (including phenoxy) is 2. The largest absolute Gasteiger partial charge is 0.497 e. The molecular weight excluding hydrogens is 482 g/mol. The lowest BCUT2D eigenvalue weighted by Gasteiger charge is -2.31. The van der Waals surface area contributed by atoms with Crippen LogP contribution in [0.5, 0.6) is 11.5 Å². The van der Waals surface area contributed by atoms with Gasteiger partial charge in [-0.2, -0.15) is 0 Å². The standard InChI is InChI=1S/C30H31N3O5/c1-37-25-10-11-27-23(16-25)17-28-30(36)32(20-29(35)33(27)28)19-24(14-21-6-3-2-4-7-21)31-18-22-8-5-9-26(15-22)38-13-12-34/h2-11,15-17,24,31,34H,12-14,18-20H2,1H3/t24-/m0/s1. The number of rotatable bonds is 11. The van der Waals surface area contributed by atoms with Crippen LogP contribution in [0, 0.1) is 0 Å². The van der Waals surface area contributed by atoms with Crippen LogP contribution in [0.2, 0.25) is 0 Å². The Morgan fingerprint density at radius 2 is 1.76 bits per heavy atom. The Morgan fingerprint density at radius 1 is 0.947 bits per heavy atom. The first kappa shape index (κ1) is 25.5. The second-order valence-electron chi connectivity index (χ2n) is 9.36. The van der Waals surface area contributed by atoms with E-state index in [1.807, 2.05) is 54.6 Å². The molecule has 2 N–H and O–H groups in total. The minimum atomic E-state index is -0.168. The molecule has 1 atom stereocenters. The molecule has 1 aliphatic rings. The van der Waals surface area contributed by atoms with E-state index < -0.39 is 0 Å². The molecule has 8 heteroatoms. The molecule has 1 aliphatic heterocycles. The number of nitrogens with one attached hydrogen (secondary N) is 1. The van der Waals surface area contributed by atoms with Crippen LogP contribution >= 0.6 is 0 Å². The number of carbonyl (C=O) groups is 2. The van der Waals surface area contributed by atoms with E-state index >= 15 is 0 Å². The van der Waals surface area contributed by atoms with Crippen LogP contribution in [0.4, 0.5) is 0 Å². The molecule has 0 spiro atoms. The molecule has 38 heavy (non-hydrogen) atoms. The molecule has 5 rings (SSSR count). The van der Waals surface area contributed by atoms with Gasteiger partial charge in [0.25, 0.3) is 11.8 Å². The Balaban J connectivity index is 1.36. The Kier molecular flexibility index (Phi) is 7.72. The van der Waals surface area contributed by atoms with Crippen LogP contribution in [0.3, 0.4) is 0 Å². The number of amides is 1. The average Bonchev–Trinajstić information content (AvgIpc) is 3.34. The van der Waals surface area contributed by atoms with E-state index in [1.165, 1.54) is 4.57 Å². The maximum absolute atomic E-state index is 13.6. The predicted octanol–water partition coefficient (Wildman–Crippen LogP) is 3.52. The highest BCUT2D eigenvalue weighted by Gasteiger charge is 2.33. The molecule has 0 fully saturated rings. The summed E-state index contributed by atoms with van der Waals surface area (Å²) in [5, 5.41) is 13.4. The Labute approximate surface area is 221 Å². The fraction of sp³-hybridized carbons (Fsp3) is 0.267. The van der Waals surface area contributed by atoms with Gasteiger partial charge in [0, 0.05) is 24.5 Å². The first-order valence-corrected chi connectivity index (χ1v) is 12.7. The third-order valence-electron chi connectivity index (χ3n) is 6.71. The number of aliphatic hydroxyl groups excluding tert-OH is 1. The van der Waals surface area contributed by atoms with Gasteiger partial charge in [-0.3, -0.25) is 14.2 Å². The monoisotopic (exact) mass is 513 g/mol. The summed E-state index contributed by atoms with van der Waals surface area (Å²) >= 11 is 0. The van der Waals surface area contributed by atoms with Gasteiger partial charge in [-0.05, 0) is 53.9 Å². The number of nitrogens with zero attached hydrogens (tertiary/aromatic N) is 2. The van der Waals surface area contributed by atoms with E-state index in [0.717, 1.165) is 16.5 Å². The summed E-state index contributed by atoms with van der Waals surface area (Å²) in [5.74, 6) is 1.07. The molecule has 0 unspecified atom stereocenters. The van der Waals surface area contributed by atoms with E-state index in [-0.39, 0.29) is 37.6 Å². The second kappa shape index (κ2) is 11.5. The zero-order chi connectivity index (χ0) is 26.5. The topological polar surface area (TPSA) is 93.0 Å². The SMILES string of the molecule is COc1ccc2c(c1)cc1n2C(=O)CN(C[C@H](Cc2ccccc2)NCc2cccc(OCCO)c2)C1=O. The number of aliphatic hydroxyl groups is 1. The zero-order valence-electron chi connectivity index (χ0n) is 21.3. The summed E-state index contributed by atoms with van der Waals surface area (Å²) in [6.07, 6.45) is 0.694. The van der Waals surface area contributed by atoms with Crippen LogP contribution in [0.1, 0.15) is 26.4 Å². The van der Waals surface area contributed by atoms with Crippen molar-refractivity contribution in [3.63, 3.8) is 0 Å². The summed E-state index contributed by atoms with van der Waals surface area (Å²) in [4.78, 5) is 28.4. The first-order chi connectivity index (χ1) is 18.6. The van der Waals surface area contributed by atoms with E-state index in [9.17, 15) is 9.59 Å². The van der Waals surface area contributed by atoms with Crippen LogP contribution in [-0.4, -0.2) is 65.8 Å². The fourth-order valence-electron chi connectivity index (χ4n) is 4.90. The van der Waals surface area contributed by atoms with Crippen molar-refractivity contribution in [3.05, 3.63) is 95.7 Å². The highest BCUT2D eigenvalue weighted by atomic mass is 16.5. The number of carbonyl (C=O) groups excluding carboxylic acids is 2. The lowest BCUT2D eigenvalue weighted by molar-refractivity contribution is 0.0608. The first-order valence-electron chi connectivity index (χ1n) is 12.7. The fourth-order valence-corrected chi connectivity index (χ4v) is 4.90. The quantitative estimate of drug-likeness (QED) is 0.319. The molecule has 1 amide bonds. The molecule has 0 radical (unpaired) electrons. The van der Waals surface area contributed by atoms with E-state index in [1.54, 1.807) is 24.1 Å². The van der Waals surface area contributed by atoms with Gasteiger partial charge < -0.3 is 24.8 Å². The van der Waals surface area contributed by atoms with E-state index in [2.05, 4.69) is 17.4 Å². The van der Waals surface area contributed by atoms with Gasteiger partial charge in [-0.25, -0.2) is 0 Å². The number of fused-ring (bicyclic) bond motifs is 3. The third-order valence-corrected chi connectivity index (χ3v) is 6.71. The highest BCUT2D eigenvalue weighted by Crippen LogP contribution is 2.28. The minimum absolute atomic E-state index is 0.0130. The number of benzene rings is 3. The zero-order valence-corrected chi connectivity index (χ0v) is 21.3. The Hall–Kier alpha value is -4.14. The van der Waals surface area contributed by atoms with Gasteiger partial charge in [-0.15, -0.1) is 0 Å². The molecule has 0 aliphatic carbocycles. The summed E-state index contributed by atoms with van der Waals surface area (Å²) in [6, 6.07) is 24.9. The number of hydrogen-bond acceptors (Lipinski definition) is 6. The summed E-state index contributed by atoms with van der Waals surface area (Å²) in [6.45, 7) is 1.15. The average molecular weight is 514 g/mol. The summed E-state index contributed by atoms with van der Waals surface area (Å²) < 4.78 is 12.4. The van der Waals surface area contributed by atoms with E-state index in [0.29, 0.717) is 42.2 Å². The van der Waals surface area contributed by atoms with Gasteiger partial charge in [0.1, 0.15) is 30.3 Å². The van der Waals surface area contributed by atoms with Crippen molar-refractivity contribution >= 4 is 22.7 Å². The third kappa shape index (κ3) is 5.56. The molecule has 196 valence electrons. The van der Waals surface area contributed by atoms with Gasteiger partial charge in [-0.1, -0.05) is 42.5 Å². The van der Waals surface area contributed by atoms with Crippen LogP contribution < -0.4 is 14.8 Å². The van der Waals surface area contributed by atoms with Crippen molar-refractivity contribution in [2.45, 2.75) is 19.0 Å². The molecule has 0 saturated heterocycles. The molecule has 8 nitrogen and oxygen atoms in total. The molecule has 0 bridgehead atoms. The van der Waals surface area contributed by atoms with Gasteiger partial charge in [0.15, 0.2) is 0 Å². The predicted molar refractivity (Wildman–Crippen MR) is 145 cm³/mol. The number of hydrogen-bond donors (Lipinski definition) is 2. The van der Waals surface area contributed by atoms with Gasteiger partial charge >= 0.3 is 0 Å². The van der Waals surface area contributed by atoms with Crippen LogP contribution in [0.15, 0.2) is 78.9 Å². The van der Waals surface area contributed by atoms with Crippen LogP contribution in [0.25, 0.3) is 10.9 Å². The number of methoxy groups -OCH3 is 1. The minimum Gasteiger partial charge on any atom is -0.497 e. The lowest BCUT2D eigenvalue weighted by atomic mass is 10.0. The normalized spacial score (nSPS) is 14.0. The Bertz CT molecular complexity index is 1430. The maximum atomic E-state index is 13.6. The number of aromatic nitrogens is 1. The van der Waals surface area contributed by atoms with Gasteiger partial charge in [0.2, 0.25) is 0 Å². The molecular formula is C30H31N3O5. The van der Waals surface area contributed by atoms with Crippen molar-refractivity contribution in [2.75, 3.05) is 33.4 Å². The molecule has 2 heterocycles. The second-order valence-corrected chi connectivity index (χ2v) is 9.36. The molecule has 4 aromatic rings. The van der Waals surface area contributed by atoms with Crippen molar-refractivity contribution in [1.29, 1.82) is 0 Å².